The fourth-order valence-corrected chi connectivity index (χ4v) is 1.76. The van der Waals surface area contributed by atoms with Gasteiger partial charge in [-0.05, 0) is 6.92 Å². The van der Waals surface area contributed by atoms with Crippen LogP contribution in [0.25, 0.3) is 0 Å². The van der Waals surface area contributed by atoms with Crippen LogP contribution < -0.4 is 10.2 Å². The Balaban J connectivity index is 2.95. The zero-order chi connectivity index (χ0) is 15.5. The van der Waals surface area contributed by atoms with E-state index in [-0.39, 0.29) is 0 Å². The first-order valence-electron chi connectivity index (χ1n) is 6.99. The zero-order valence-corrected chi connectivity index (χ0v) is 12.9. The standard InChI is InChI=1S/C14H23N5O2/c1-4-21-11-13-17-12(16-2)10-14(18-13)19(7-5-6-15)8-9-20-3/h10H,4-5,7-9,11H2,1-3H3,(H,16,17,18). The maximum absolute atomic E-state index is 8.79. The SMILES string of the molecule is CCOCc1nc(NC)cc(N(CCC#N)CCOC)n1. The summed E-state index contributed by atoms with van der Waals surface area (Å²) < 4.78 is 10.5. The fourth-order valence-electron chi connectivity index (χ4n) is 1.76. The lowest BCUT2D eigenvalue weighted by Crippen LogP contribution is -2.29. The summed E-state index contributed by atoms with van der Waals surface area (Å²) in [6.45, 7) is 4.77. The third kappa shape index (κ3) is 5.94. The molecule has 1 rings (SSSR count). The molecular formula is C14H23N5O2. The number of ether oxygens (including phenoxy) is 2. The number of hydrogen-bond acceptors (Lipinski definition) is 7. The first-order valence-corrected chi connectivity index (χ1v) is 6.99. The third-order valence-corrected chi connectivity index (χ3v) is 2.83. The summed E-state index contributed by atoms with van der Waals surface area (Å²) in [5, 5.41) is 11.8. The Morgan fingerprint density at radius 3 is 2.81 bits per heavy atom. The smallest absolute Gasteiger partial charge is 0.158 e. The topological polar surface area (TPSA) is 83.3 Å². The van der Waals surface area contributed by atoms with Crippen LogP contribution >= 0.6 is 0 Å². The van der Waals surface area contributed by atoms with Gasteiger partial charge in [0.1, 0.15) is 18.2 Å². The predicted molar refractivity (Wildman–Crippen MR) is 81.2 cm³/mol. The largest absolute Gasteiger partial charge is 0.383 e. The molecule has 0 saturated heterocycles. The highest BCUT2D eigenvalue weighted by molar-refractivity contribution is 5.49. The average Bonchev–Trinajstić information content (AvgIpc) is 2.52. The van der Waals surface area contributed by atoms with Crippen LogP contribution in [0.1, 0.15) is 19.2 Å². The fraction of sp³-hybridized carbons (Fsp3) is 0.643. The van der Waals surface area contributed by atoms with Crippen LogP contribution in [0.2, 0.25) is 0 Å². The van der Waals surface area contributed by atoms with Crippen molar-refractivity contribution in [2.45, 2.75) is 20.0 Å². The van der Waals surface area contributed by atoms with Crippen molar-refractivity contribution in [1.29, 1.82) is 5.26 Å². The number of rotatable bonds is 10. The van der Waals surface area contributed by atoms with Gasteiger partial charge in [0.15, 0.2) is 5.82 Å². The summed E-state index contributed by atoms with van der Waals surface area (Å²) in [5.41, 5.74) is 0. The monoisotopic (exact) mass is 293 g/mol. The summed E-state index contributed by atoms with van der Waals surface area (Å²) >= 11 is 0. The second-order valence-corrected chi connectivity index (χ2v) is 4.30. The molecule has 1 N–H and O–H groups in total. The number of anilines is 2. The molecule has 1 heterocycles. The first-order chi connectivity index (χ1) is 10.2. The molecule has 21 heavy (non-hydrogen) atoms. The molecule has 0 unspecified atom stereocenters. The molecule has 0 fully saturated rings. The van der Waals surface area contributed by atoms with Crippen LogP contribution in [0.15, 0.2) is 6.07 Å². The van der Waals surface area contributed by atoms with E-state index in [0.29, 0.717) is 45.2 Å². The van der Waals surface area contributed by atoms with E-state index in [1.165, 1.54) is 0 Å². The van der Waals surface area contributed by atoms with Gasteiger partial charge in [-0.1, -0.05) is 0 Å². The minimum absolute atomic E-state index is 0.370. The molecule has 0 saturated carbocycles. The second-order valence-electron chi connectivity index (χ2n) is 4.30. The molecule has 0 atom stereocenters. The molecule has 0 amide bonds. The molecule has 1 aromatic heterocycles. The molecule has 116 valence electrons. The molecule has 0 radical (unpaired) electrons. The molecule has 7 nitrogen and oxygen atoms in total. The molecule has 0 aliphatic heterocycles. The molecular weight excluding hydrogens is 270 g/mol. The van der Waals surface area contributed by atoms with Gasteiger partial charge in [-0.25, -0.2) is 9.97 Å². The van der Waals surface area contributed by atoms with Crippen molar-refractivity contribution >= 4 is 11.6 Å². The number of nitrogens with one attached hydrogen (secondary N) is 1. The maximum atomic E-state index is 8.79. The van der Waals surface area contributed by atoms with Crippen molar-refractivity contribution in [1.82, 2.24) is 9.97 Å². The van der Waals surface area contributed by atoms with E-state index in [1.807, 2.05) is 24.9 Å². The van der Waals surface area contributed by atoms with Gasteiger partial charge in [-0.2, -0.15) is 5.26 Å². The molecule has 0 bridgehead atoms. The van der Waals surface area contributed by atoms with Crippen LogP contribution in [-0.2, 0) is 16.1 Å². The van der Waals surface area contributed by atoms with Crippen molar-refractivity contribution in [3.05, 3.63) is 11.9 Å². The Hall–Kier alpha value is -1.91. The van der Waals surface area contributed by atoms with Crippen LogP contribution in [0.5, 0.6) is 0 Å². The van der Waals surface area contributed by atoms with E-state index < -0.39 is 0 Å². The molecule has 0 aromatic carbocycles. The number of nitrogens with zero attached hydrogens (tertiary/aromatic N) is 4. The molecule has 0 aliphatic carbocycles. The van der Waals surface area contributed by atoms with Crippen molar-refractivity contribution in [3.63, 3.8) is 0 Å². The van der Waals surface area contributed by atoms with Gasteiger partial charge >= 0.3 is 0 Å². The number of nitriles is 1. The highest BCUT2D eigenvalue weighted by Gasteiger charge is 2.11. The molecule has 1 aromatic rings. The zero-order valence-electron chi connectivity index (χ0n) is 12.9. The predicted octanol–water partition coefficient (Wildman–Crippen LogP) is 1.42. The summed E-state index contributed by atoms with van der Waals surface area (Å²) in [5.74, 6) is 2.13. The summed E-state index contributed by atoms with van der Waals surface area (Å²) in [6, 6.07) is 4.02. The van der Waals surface area contributed by atoms with E-state index in [1.54, 1.807) is 7.11 Å². The Kier molecular flexibility index (Phi) is 8.09. The third-order valence-electron chi connectivity index (χ3n) is 2.83. The lowest BCUT2D eigenvalue weighted by molar-refractivity contribution is 0.128. The summed E-state index contributed by atoms with van der Waals surface area (Å²) in [4.78, 5) is 10.9. The average molecular weight is 293 g/mol. The highest BCUT2D eigenvalue weighted by atomic mass is 16.5. The maximum Gasteiger partial charge on any atom is 0.158 e. The second kappa shape index (κ2) is 9.91. The number of hydrogen-bond donors (Lipinski definition) is 1. The van der Waals surface area contributed by atoms with Crippen molar-refractivity contribution in [2.75, 3.05) is 50.7 Å². The normalized spacial score (nSPS) is 10.2. The van der Waals surface area contributed by atoms with Gasteiger partial charge in [0.25, 0.3) is 0 Å². The van der Waals surface area contributed by atoms with Crippen molar-refractivity contribution in [3.8, 4) is 6.07 Å². The van der Waals surface area contributed by atoms with Gasteiger partial charge < -0.3 is 19.7 Å². The van der Waals surface area contributed by atoms with Crippen LogP contribution in [0, 0.1) is 11.3 Å². The minimum atomic E-state index is 0.370. The van der Waals surface area contributed by atoms with Gasteiger partial charge in [0.2, 0.25) is 0 Å². The lowest BCUT2D eigenvalue weighted by atomic mass is 10.3. The quantitative estimate of drug-likeness (QED) is 0.698. The van der Waals surface area contributed by atoms with E-state index in [2.05, 4.69) is 21.4 Å². The summed E-state index contributed by atoms with van der Waals surface area (Å²) in [6.07, 6.45) is 0.434. The Bertz CT molecular complexity index is 461. The van der Waals surface area contributed by atoms with Crippen LogP contribution in [-0.4, -0.2) is 50.4 Å². The van der Waals surface area contributed by atoms with E-state index in [4.69, 9.17) is 14.7 Å². The van der Waals surface area contributed by atoms with Gasteiger partial charge in [0, 0.05) is 39.9 Å². The van der Waals surface area contributed by atoms with Crippen molar-refractivity contribution < 1.29 is 9.47 Å². The van der Waals surface area contributed by atoms with Crippen LogP contribution in [0.3, 0.4) is 0 Å². The Labute approximate surface area is 125 Å². The van der Waals surface area contributed by atoms with Gasteiger partial charge in [-0.15, -0.1) is 0 Å². The van der Waals surface area contributed by atoms with Gasteiger partial charge in [0.05, 0.1) is 19.1 Å². The van der Waals surface area contributed by atoms with E-state index in [9.17, 15) is 0 Å². The van der Waals surface area contributed by atoms with Crippen LogP contribution in [0.4, 0.5) is 11.6 Å². The van der Waals surface area contributed by atoms with E-state index >= 15 is 0 Å². The summed E-state index contributed by atoms with van der Waals surface area (Å²) in [7, 11) is 3.47. The Morgan fingerprint density at radius 1 is 1.38 bits per heavy atom. The highest BCUT2D eigenvalue weighted by Crippen LogP contribution is 2.16. The molecule has 7 heteroatoms. The van der Waals surface area contributed by atoms with E-state index in [0.717, 1.165) is 11.6 Å². The lowest BCUT2D eigenvalue weighted by Gasteiger charge is -2.23. The van der Waals surface area contributed by atoms with Gasteiger partial charge in [-0.3, -0.25) is 0 Å². The number of aromatic nitrogens is 2. The number of methoxy groups -OCH3 is 1. The molecule has 0 aliphatic rings. The molecule has 0 spiro atoms. The van der Waals surface area contributed by atoms with Crippen molar-refractivity contribution in [2.24, 2.45) is 0 Å². The Morgan fingerprint density at radius 2 is 2.19 bits per heavy atom. The minimum Gasteiger partial charge on any atom is -0.383 e. The first kappa shape index (κ1) is 17.1.